The summed E-state index contributed by atoms with van der Waals surface area (Å²) in [6.45, 7) is 2.02. The SMILES string of the molecule is Cc1ccc(C(=O)O)cc1OCc1cccc(F)c1. The van der Waals surface area contributed by atoms with E-state index in [1.165, 1.54) is 24.3 Å². The minimum absolute atomic E-state index is 0.167. The first-order valence-corrected chi connectivity index (χ1v) is 5.77. The van der Waals surface area contributed by atoms with Gasteiger partial charge in [-0.25, -0.2) is 9.18 Å². The number of hydrogen-bond donors (Lipinski definition) is 1. The van der Waals surface area contributed by atoms with E-state index in [0.717, 1.165) is 5.56 Å². The molecule has 0 spiro atoms. The molecule has 1 N–H and O–H groups in total. The molecule has 0 amide bonds. The average Bonchev–Trinajstić information content (AvgIpc) is 2.37. The third-order valence-corrected chi connectivity index (χ3v) is 2.72. The summed E-state index contributed by atoms with van der Waals surface area (Å²) >= 11 is 0. The quantitative estimate of drug-likeness (QED) is 0.916. The number of carboxylic acid groups (broad SMARTS) is 1. The van der Waals surface area contributed by atoms with E-state index in [0.29, 0.717) is 11.3 Å². The number of aromatic carboxylic acids is 1. The number of ether oxygens (including phenoxy) is 1. The summed E-state index contributed by atoms with van der Waals surface area (Å²) in [5.41, 5.74) is 1.70. The van der Waals surface area contributed by atoms with E-state index in [9.17, 15) is 9.18 Å². The van der Waals surface area contributed by atoms with E-state index in [-0.39, 0.29) is 18.0 Å². The van der Waals surface area contributed by atoms with Gasteiger partial charge in [-0.05, 0) is 42.3 Å². The zero-order valence-electron chi connectivity index (χ0n) is 10.4. The lowest BCUT2D eigenvalue weighted by molar-refractivity contribution is 0.0696. The Labute approximate surface area is 110 Å². The van der Waals surface area contributed by atoms with Crippen LogP contribution in [-0.4, -0.2) is 11.1 Å². The molecule has 0 unspecified atom stereocenters. The number of carboxylic acids is 1. The van der Waals surface area contributed by atoms with Gasteiger partial charge in [-0.15, -0.1) is 0 Å². The van der Waals surface area contributed by atoms with Crippen molar-refractivity contribution in [3.8, 4) is 5.75 Å². The van der Waals surface area contributed by atoms with Crippen LogP contribution in [0.2, 0.25) is 0 Å². The lowest BCUT2D eigenvalue weighted by Crippen LogP contribution is -2.01. The minimum Gasteiger partial charge on any atom is -0.489 e. The first-order valence-electron chi connectivity index (χ1n) is 5.77. The third kappa shape index (κ3) is 3.31. The summed E-state index contributed by atoms with van der Waals surface area (Å²) in [5.74, 6) is -0.836. The second-order valence-electron chi connectivity index (χ2n) is 4.20. The van der Waals surface area contributed by atoms with Crippen LogP contribution in [0.3, 0.4) is 0 Å². The predicted octanol–water partition coefficient (Wildman–Crippen LogP) is 3.41. The van der Waals surface area contributed by atoms with Gasteiger partial charge in [0.15, 0.2) is 0 Å². The van der Waals surface area contributed by atoms with Crippen molar-refractivity contribution in [1.82, 2.24) is 0 Å². The van der Waals surface area contributed by atoms with E-state index in [1.807, 2.05) is 6.92 Å². The fourth-order valence-electron chi connectivity index (χ4n) is 1.68. The van der Waals surface area contributed by atoms with Crippen LogP contribution in [0.1, 0.15) is 21.5 Å². The molecule has 0 bridgehead atoms. The van der Waals surface area contributed by atoms with Gasteiger partial charge in [0.2, 0.25) is 0 Å². The van der Waals surface area contributed by atoms with Gasteiger partial charge in [0.25, 0.3) is 0 Å². The van der Waals surface area contributed by atoms with Gasteiger partial charge < -0.3 is 9.84 Å². The zero-order valence-corrected chi connectivity index (χ0v) is 10.4. The summed E-state index contributed by atoms with van der Waals surface area (Å²) < 4.78 is 18.5. The minimum atomic E-state index is -1.00. The standard InChI is InChI=1S/C15H13FO3/c1-10-5-6-12(15(17)18)8-14(10)19-9-11-3-2-4-13(16)7-11/h2-8H,9H2,1H3,(H,17,18). The molecule has 3 nitrogen and oxygen atoms in total. The molecule has 0 aliphatic carbocycles. The Morgan fingerprint density at radius 1 is 1.26 bits per heavy atom. The van der Waals surface area contributed by atoms with Crippen LogP contribution in [0.5, 0.6) is 5.75 Å². The maximum atomic E-state index is 13.0. The Morgan fingerprint density at radius 2 is 2.05 bits per heavy atom. The highest BCUT2D eigenvalue weighted by atomic mass is 19.1. The van der Waals surface area contributed by atoms with E-state index in [1.54, 1.807) is 18.2 Å². The molecule has 0 aliphatic rings. The van der Waals surface area contributed by atoms with Crippen molar-refractivity contribution in [3.05, 3.63) is 65.0 Å². The van der Waals surface area contributed by atoms with E-state index in [2.05, 4.69) is 0 Å². The van der Waals surface area contributed by atoms with E-state index < -0.39 is 5.97 Å². The van der Waals surface area contributed by atoms with Crippen molar-refractivity contribution in [3.63, 3.8) is 0 Å². The van der Waals surface area contributed by atoms with Gasteiger partial charge in [-0.2, -0.15) is 0 Å². The molecule has 19 heavy (non-hydrogen) atoms. The van der Waals surface area contributed by atoms with E-state index in [4.69, 9.17) is 9.84 Å². The van der Waals surface area contributed by atoms with Gasteiger partial charge in [0.1, 0.15) is 18.2 Å². The van der Waals surface area contributed by atoms with Crippen molar-refractivity contribution in [2.45, 2.75) is 13.5 Å². The molecule has 4 heteroatoms. The highest BCUT2D eigenvalue weighted by molar-refractivity contribution is 5.88. The number of rotatable bonds is 4. The molecular formula is C15H13FO3. The van der Waals surface area contributed by atoms with Gasteiger partial charge in [-0.3, -0.25) is 0 Å². The van der Waals surface area contributed by atoms with Crippen LogP contribution in [0.15, 0.2) is 42.5 Å². The molecule has 0 aromatic heterocycles. The molecule has 2 rings (SSSR count). The van der Waals surface area contributed by atoms with Crippen molar-refractivity contribution in [2.75, 3.05) is 0 Å². The monoisotopic (exact) mass is 260 g/mol. The van der Waals surface area contributed by atoms with Gasteiger partial charge in [-0.1, -0.05) is 18.2 Å². The van der Waals surface area contributed by atoms with Gasteiger partial charge in [0.05, 0.1) is 5.56 Å². The number of benzene rings is 2. The summed E-state index contributed by atoms with van der Waals surface area (Å²) in [5, 5.41) is 8.92. The predicted molar refractivity (Wildman–Crippen MR) is 68.9 cm³/mol. The van der Waals surface area contributed by atoms with Crippen LogP contribution in [0.25, 0.3) is 0 Å². The van der Waals surface area contributed by atoms with Gasteiger partial charge >= 0.3 is 5.97 Å². The molecule has 0 fully saturated rings. The average molecular weight is 260 g/mol. The molecule has 0 saturated carbocycles. The van der Waals surface area contributed by atoms with E-state index >= 15 is 0 Å². The molecule has 98 valence electrons. The van der Waals surface area contributed by atoms with Crippen LogP contribution in [-0.2, 0) is 6.61 Å². The summed E-state index contributed by atoms with van der Waals surface area (Å²) in [4.78, 5) is 10.9. The maximum absolute atomic E-state index is 13.0. The number of hydrogen-bond acceptors (Lipinski definition) is 2. The van der Waals surface area contributed by atoms with Gasteiger partial charge in [0, 0.05) is 0 Å². The van der Waals surface area contributed by atoms with Crippen molar-refractivity contribution in [2.24, 2.45) is 0 Å². The molecule has 2 aromatic rings. The van der Waals surface area contributed by atoms with Crippen molar-refractivity contribution >= 4 is 5.97 Å². The lowest BCUT2D eigenvalue weighted by atomic mass is 10.1. The smallest absolute Gasteiger partial charge is 0.335 e. The zero-order chi connectivity index (χ0) is 13.8. The number of halogens is 1. The van der Waals surface area contributed by atoms with Crippen LogP contribution in [0, 0.1) is 12.7 Å². The Bertz CT molecular complexity index is 608. The number of aryl methyl sites for hydroxylation is 1. The largest absolute Gasteiger partial charge is 0.489 e. The molecule has 2 aromatic carbocycles. The molecule has 0 radical (unpaired) electrons. The first-order chi connectivity index (χ1) is 9.06. The maximum Gasteiger partial charge on any atom is 0.335 e. The van der Waals surface area contributed by atoms with Crippen LogP contribution >= 0.6 is 0 Å². The fourth-order valence-corrected chi connectivity index (χ4v) is 1.68. The van der Waals surface area contributed by atoms with Crippen LogP contribution < -0.4 is 4.74 Å². The highest BCUT2D eigenvalue weighted by Gasteiger charge is 2.07. The topological polar surface area (TPSA) is 46.5 Å². The Balaban J connectivity index is 2.15. The molecule has 0 atom stereocenters. The highest BCUT2D eigenvalue weighted by Crippen LogP contribution is 2.21. The van der Waals surface area contributed by atoms with Crippen LogP contribution in [0.4, 0.5) is 4.39 Å². The summed E-state index contributed by atoms with van der Waals surface area (Å²) in [6, 6.07) is 10.8. The first kappa shape index (κ1) is 13.1. The second kappa shape index (κ2) is 5.52. The second-order valence-corrected chi connectivity index (χ2v) is 4.20. The summed E-state index contributed by atoms with van der Waals surface area (Å²) in [6.07, 6.45) is 0. The summed E-state index contributed by atoms with van der Waals surface area (Å²) in [7, 11) is 0. The Morgan fingerprint density at radius 3 is 2.74 bits per heavy atom. The normalized spacial score (nSPS) is 10.2. The lowest BCUT2D eigenvalue weighted by Gasteiger charge is -2.10. The third-order valence-electron chi connectivity index (χ3n) is 2.72. The van der Waals surface area contributed by atoms with Crippen molar-refractivity contribution in [1.29, 1.82) is 0 Å². The fraction of sp³-hybridized carbons (Fsp3) is 0.133. The molecule has 0 saturated heterocycles. The number of carbonyl (C=O) groups is 1. The molecule has 0 aliphatic heterocycles. The molecule has 0 heterocycles. The molecular weight excluding hydrogens is 247 g/mol. The van der Waals surface area contributed by atoms with Crippen molar-refractivity contribution < 1.29 is 19.0 Å². The Kier molecular flexibility index (Phi) is 3.80. The Hall–Kier alpha value is -2.36.